The third kappa shape index (κ3) is 8.22. The van der Waals surface area contributed by atoms with Gasteiger partial charge in [-0.05, 0) is 81.1 Å². The van der Waals surface area contributed by atoms with Gasteiger partial charge in [-0.2, -0.15) is 0 Å². The van der Waals surface area contributed by atoms with Gasteiger partial charge in [0, 0.05) is 13.1 Å². The summed E-state index contributed by atoms with van der Waals surface area (Å²) in [5.74, 6) is 1.23. The van der Waals surface area contributed by atoms with E-state index in [1.54, 1.807) is 23.1 Å². The van der Waals surface area contributed by atoms with E-state index in [4.69, 9.17) is 19.9 Å². The van der Waals surface area contributed by atoms with Crippen LogP contribution in [0, 0.1) is 0 Å². The Morgan fingerprint density at radius 2 is 1.67 bits per heavy atom. The molecule has 0 aromatic heterocycles. The molecule has 3 rings (SSSR count). The number of methoxy groups -OCH3 is 2. The maximum atomic E-state index is 12.0. The van der Waals surface area contributed by atoms with E-state index < -0.39 is 5.60 Å². The topological polar surface area (TPSA) is 114 Å². The summed E-state index contributed by atoms with van der Waals surface area (Å²) in [5, 5.41) is 19.1. The number of carbonyl (C=O) groups excluding carboxylic acids is 1. The summed E-state index contributed by atoms with van der Waals surface area (Å²) >= 11 is 0. The number of nitrogens with two attached hydrogens (primary N) is 1. The Labute approximate surface area is 201 Å². The number of hydrogen-bond donors (Lipinski definition) is 3. The molecular formula is C24H35ClN2O6. The maximum absolute atomic E-state index is 12.0. The number of hydrogen-bond acceptors (Lipinski definition) is 7. The molecule has 2 aromatic carbocycles. The Bertz CT molecular complexity index is 930. The number of phenolic OH excluding ortho intramolecular Hbond substituents is 2. The number of nitrogens with zero attached hydrogens (tertiary/aromatic N) is 1. The molecule has 1 aliphatic rings. The van der Waals surface area contributed by atoms with Gasteiger partial charge in [0.1, 0.15) is 5.60 Å². The van der Waals surface area contributed by atoms with Crippen molar-refractivity contribution in [2.75, 3.05) is 27.3 Å². The first kappa shape index (κ1) is 28.2. The number of carbonyl (C=O) groups is 1. The number of aromatic hydroxyl groups is 2. The highest BCUT2D eigenvalue weighted by Crippen LogP contribution is 2.32. The standard InChI is InChI=1S/C15H21NO4.C9H13NO2.ClH/c1-15(2,3)20-14(18)16-6-5-10-8-13(19-4)12(17)7-11(10)9-16;1-12-9-6-7(4-5-10)2-3-8(9)11;/h7-8,17H,5-6,9H2,1-4H3;2-3,6,11H,4-5,10H2,1H3;1H. The first-order valence-corrected chi connectivity index (χ1v) is 10.5. The van der Waals surface area contributed by atoms with E-state index in [9.17, 15) is 15.0 Å². The maximum Gasteiger partial charge on any atom is 0.410 e. The van der Waals surface area contributed by atoms with Gasteiger partial charge in [0.2, 0.25) is 0 Å². The van der Waals surface area contributed by atoms with Gasteiger partial charge < -0.3 is 35.1 Å². The molecular weight excluding hydrogens is 448 g/mol. The van der Waals surface area contributed by atoms with E-state index in [2.05, 4.69) is 0 Å². The molecule has 2 aromatic rings. The number of ether oxygens (including phenoxy) is 3. The highest BCUT2D eigenvalue weighted by Gasteiger charge is 2.26. The zero-order chi connectivity index (χ0) is 23.9. The molecule has 33 heavy (non-hydrogen) atoms. The summed E-state index contributed by atoms with van der Waals surface area (Å²) < 4.78 is 15.4. The van der Waals surface area contributed by atoms with Crippen LogP contribution < -0.4 is 15.2 Å². The predicted molar refractivity (Wildman–Crippen MR) is 130 cm³/mol. The largest absolute Gasteiger partial charge is 0.504 e. The molecule has 1 aliphatic heterocycles. The van der Waals surface area contributed by atoms with Crippen molar-refractivity contribution < 1.29 is 29.2 Å². The van der Waals surface area contributed by atoms with E-state index in [0.717, 1.165) is 29.5 Å². The molecule has 4 N–H and O–H groups in total. The summed E-state index contributed by atoms with van der Waals surface area (Å²) in [5.41, 5.74) is 7.99. The summed E-state index contributed by atoms with van der Waals surface area (Å²) in [6.45, 7) is 7.20. The molecule has 0 saturated heterocycles. The zero-order valence-corrected chi connectivity index (χ0v) is 20.7. The number of fused-ring (bicyclic) bond motifs is 1. The fourth-order valence-corrected chi connectivity index (χ4v) is 3.26. The second-order valence-electron chi connectivity index (χ2n) is 8.49. The lowest BCUT2D eigenvalue weighted by atomic mass is 9.99. The monoisotopic (exact) mass is 482 g/mol. The molecule has 0 bridgehead atoms. The molecule has 184 valence electrons. The van der Waals surface area contributed by atoms with Crippen molar-refractivity contribution in [3.05, 3.63) is 47.0 Å². The normalized spacial score (nSPS) is 12.5. The Balaban J connectivity index is 0.000000361. The van der Waals surface area contributed by atoms with Crippen LogP contribution in [-0.2, 0) is 24.1 Å². The third-order valence-corrected chi connectivity index (χ3v) is 4.84. The highest BCUT2D eigenvalue weighted by atomic mass is 35.5. The van der Waals surface area contributed by atoms with E-state index in [-0.39, 0.29) is 30.0 Å². The van der Waals surface area contributed by atoms with Crippen molar-refractivity contribution in [2.24, 2.45) is 5.73 Å². The van der Waals surface area contributed by atoms with Gasteiger partial charge in [0.25, 0.3) is 0 Å². The molecule has 0 atom stereocenters. The highest BCUT2D eigenvalue weighted by molar-refractivity contribution is 5.85. The SMILES string of the molecule is COc1cc(CCN)ccc1O.COc1cc2c(cc1O)CN(C(=O)OC(C)(C)C)CC2.Cl. The molecule has 0 spiro atoms. The number of halogens is 1. The van der Waals surface area contributed by atoms with E-state index >= 15 is 0 Å². The average Bonchev–Trinajstić information content (AvgIpc) is 2.73. The quantitative estimate of drug-likeness (QED) is 0.602. The van der Waals surface area contributed by atoms with E-state index in [1.165, 1.54) is 14.2 Å². The fourth-order valence-electron chi connectivity index (χ4n) is 3.26. The minimum Gasteiger partial charge on any atom is -0.504 e. The van der Waals surface area contributed by atoms with Crippen molar-refractivity contribution >= 4 is 18.5 Å². The van der Waals surface area contributed by atoms with Crippen LogP contribution in [0.4, 0.5) is 4.79 Å². The third-order valence-electron chi connectivity index (χ3n) is 4.84. The Morgan fingerprint density at radius 3 is 2.24 bits per heavy atom. The van der Waals surface area contributed by atoms with Gasteiger partial charge in [0.05, 0.1) is 14.2 Å². The summed E-state index contributed by atoms with van der Waals surface area (Å²) in [6, 6.07) is 8.73. The Hall–Kier alpha value is -2.84. The van der Waals surface area contributed by atoms with Crippen LogP contribution in [0.2, 0.25) is 0 Å². The van der Waals surface area contributed by atoms with Crippen molar-refractivity contribution in [2.45, 2.75) is 45.8 Å². The van der Waals surface area contributed by atoms with Gasteiger partial charge >= 0.3 is 6.09 Å². The lowest BCUT2D eigenvalue weighted by Gasteiger charge is -2.31. The van der Waals surface area contributed by atoms with E-state index in [0.29, 0.717) is 31.1 Å². The number of benzene rings is 2. The number of phenols is 2. The zero-order valence-electron chi connectivity index (χ0n) is 19.9. The molecule has 1 amide bonds. The van der Waals surface area contributed by atoms with Gasteiger partial charge in [-0.3, -0.25) is 0 Å². The van der Waals surface area contributed by atoms with Gasteiger partial charge in [0.15, 0.2) is 23.0 Å². The van der Waals surface area contributed by atoms with Crippen molar-refractivity contribution in [3.8, 4) is 23.0 Å². The van der Waals surface area contributed by atoms with Gasteiger partial charge in [-0.15, -0.1) is 12.4 Å². The number of rotatable bonds is 4. The van der Waals surface area contributed by atoms with Crippen LogP contribution >= 0.6 is 12.4 Å². The smallest absolute Gasteiger partial charge is 0.410 e. The molecule has 8 nitrogen and oxygen atoms in total. The Kier molecular flexibility index (Phi) is 10.6. The molecule has 9 heteroatoms. The number of amides is 1. The van der Waals surface area contributed by atoms with Crippen molar-refractivity contribution in [1.82, 2.24) is 4.90 Å². The fraction of sp³-hybridized carbons (Fsp3) is 0.458. The minimum absolute atomic E-state index is 0. The summed E-state index contributed by atoms with van der Waals surface area (Å²) in [6.07, 6.45) is 1.21. The first-order chi connectivity index (χ1) is 15.1. The molecule has 0 aliphatic carbocycles. The molecule has 1 heterocycles. The van der Waals surface area contributed by atoms with Crippen LogP contribution in [0.1, 0.15) is 37.5 Å². The minimum atomic E-state index is -0.501. The van der Waals surface area contributed by atoms with Crippen LogP contribution in [0.3, 0.4) is 0 Å². The molecule has 0 fully saturated rings. The molecule has 0 saturated carbocycles. The van der Waals surface area contributed by atoms with Gasteiger partial charge in [-0.1, -0.05) is 6.07 Å². The second-order valence-corrected chi connectivity index (χ2v) is 8.49. The average molecular weight is 483 g/mol. The van der Waals surface area contributed by atoms with Crippen molar-refractivity contribution in [3.63, 3.8) is 0 Å². The summed E-state index contributed by atoms with van der Waals surface area (Å²) in [4.78, 5) is 13.7. The molecule has 0 unspecified atom stereocenters. The second kappa shape index (κ2) is 12.4. The van der Waals surface area contributed by atoms with Crippen LogP contribution in [0.5, 0.6) is 23.0 Å². The van der Waals surface area contributed by atoms with Gasteiger partial charge in [-0.25, -0.2) is 4.79 Å². The van der Waals surface area contributed by atoms with Crippen LogP contribution in [-0.4, -0.2) is 54.1 Å². The van der Waals surface area contributed by atoms with Crippen LogP contribution in [0.15, 0.2) is 30.3 Å². The Morgan fingerprint density at radius 1 is 1.03 bits per heavy atom. The predicted octanol–water partition coefficient (Wildman–Crippen LogP) is 4.02. The van der Waals surface area contributed by atoms with Crippen LogP contribution in [0.25, 0.3) is 0 Å². The van der Waals surface area contributed by atoms with Crippen molar-refractivity contribution in [1.29, 1.82) is 0 Å². The lowest BCUT2D eigenvalue weighted by Crippen LogP contribution is -2.39. The lowest BCUT2D eigenvalue weighted by molar-refractivity contribution is 0.0223. The molecule has 0 radical (unpaired) electrons. The summed E-state index contributed by atoms with van der Waals surface area (Å²) in [7, 11) is 3.05. The van der Waals surface area contributed by atoms with E-state index in [1.807, 2.05) is 32.9 Å². The first-order valence-electron chi connectivity index (χ1n) is 10.5.